The first kappa shape index (κ1) is 19.6. The van der Waals surface area contributed by atoms with Crippen molar-refractivity contribution in [1.29, 1.82) is 0 Å². The lowest BCUT2D eigenvalue weighted by molar-refractivity contribution is 0.326. The minimum Gasteiger partial charge on any atom is -0.493 e. The SMILES string of the molecule is C=CCOc1ccc(/C=c2/sc3nc(/C=C/c4ccccc4)nn3c2=O)cc1OC. The van der Waals surface area contributed by atoms with Crippen LogP contribution in [0.5, 0.6) is 11.5 Å². The topological polar surface area (TPSA) is 65.7 Å². The predicted octanol–water partition coefficient (Wildman–Crippen LogP) is 3.44. The molecule has 0 bridgehead atoms. The zero-order chi connectivity index (χ0) is 20.9. The van der Waals surface area contributed by atoms with E-state index in [1.165, 1.54) is 15.9 Å². The van der Waals surface area contributed by atoms with Crippen LogP contribution in [0.3, 0.4) is 0 Å². The molecule has 30 heavy (non-hydrogen) atoms. The molecule has 0 aliphatic carbocycles. The Hall–Kier alpha value is -3.71. The number of ether oxygens (including phenoxy) is 2. The van der Waals surface area contributed by atoms with Crippen LogP contribution < -0.4 is 19.6 Å². The Kier molecular flexibility index (Phi) is 5.72. The number of benzene rings is 2. The highest BCUT2D eigenvalue weighted by Gasteiger charge is 2.10. The summed E-state index contributed by atoms with van der Waals surface area (Å²) in [6.45, 7) is 4.03. The van der Waals surface area contributed by atoms with Crippen molar-refractivity contribution in [3.8, 4) is 11.5 Å². The number of thiazole rings is 1. The van der Waals surface area contributed by atoms with Crippen LogP contribution in [0.1, 0.15) is 17.0 Å². The first-order valence-corrected chi connectivity index (χ1v) is 10.1. The first-order valence-electron chi connectivity index (χ1n) is 9.24. The molecule has 0 aliphatic rings. The highest BCUT2D eigenvalue weighted by molar-refractivity contribution is 7.15. The second kappa shape index (κ2) is 8.75. The lowest BCUT2D eigenvalue weighted by atomic mass is 10.2. The van der Waals surface area contributed by atoms with Crippen LogP contribution in [0.15, 0.2) is 66.0 Å². The van der Waals surface area contributed by atoms with Gasteiger partial charge < -0.3 is 9.47 Å². The average molecular weight is 417 g/mol. The van der Waals surface area contributed by atoms with Crippen molar-refractivity contribution in [3.63, 3.8) is 0 Å². The molecule has 0 saturated heterocycles. The third-order valence-corrected chi connectivity index (χ3v) is 5.22. The van der Waals surface area contributed by atoms with Gasteiger partial charge in [0.15, 0.2) is 17.3 Å². The summed E-state index contributed by atoms with van der Waals surface area (Å²) in [6, 6.07) is 15.4. The van der Waals surface area contributed by atoms with Crippen molar-refractivity contribution in [3.05, 3.63) is 93.0 Å². The number of fused-ring (bicyclic) bond motifs is 1. The molecule has 4 rings (SSSR count). The molecule has 2 heterocycles. The average Bonchev–Trinajstić information content (AvgIpc) is 3.30. The van der Waals surface area contributed by atoms with Crippen LogP contribution in [0.25, 0.3) is 23.2 Å². The van der Waals surface area contributed by atoms with E-state index in [-0.39, 0.29) is 5.56 Å². The smallest absolute Gasteiger partial charge is 0.291 e. The monoisotopic (exact) mass is 417 g/mol. The summed E-state index contributed by atoms with van der Waals surface area (Å²) in [5.74, 6) is 1.71. The fraction of sp³-hybridized carbons (Fsp3) is 0.0870. The van der Waals surface area contributed by atoms with E-state index in [0.29, 0.717) is 33.4 Å². The molecule has 7 heteroatoms. The third-order valence-electron chi connectivity index (χ3n) is 4.26. The molecule has 150 valence electrons. The first-order chi connectivity index (χ1) is 14.7. The van der Waals surface area contributed by atoms with Crippen LogP contribution >= 0.6 is 11.3 Å². The molecule has 0 atom stereocenters. The van der Waals surface area contributed by atoms with Crippen LogP contribution in [-0.2, 0) is 0 Å². The lowest BCUT2D eigenvalue weighted by Crippen LogP contribution is -2.23. The Morgan fingerprint density at radius 2 is 1.93 bits per heavy atom. The third kappa shape index (κ3) is 4.16. The Balaban J connectivity index is 1.63. The van der Waals surface area contributed by atoms with Gasteiger partial charge in [-0.3, -0.25) is 4.79 Å². The van der Waals surface area contributed by atoms with E-state index in [2.05, 4.69) is 16.7 Å². The largest absolute Gasteiger partial charge is 0.493 e. The fourth-order valence-corrected chi connectivity index (χ4v) is 3.76. The Morgan fingerprint density at radius 1 is 1.10 bits per heavy atom. The van der Waals surface area contributed by atoms with Gasteiger partial charge in [-0.15, -0.1) is 5.10 Å². The van der Waals surface area contributed by atoms with Crippen molar-refractivity contribution in [1.82, 2.24) is 14.6 Å². The minimum atomic E-state index is -0.201. The van der Waals surface area contributed by atoms with Gasteiger partial charge in [0.2, 0.25) is 4.96 Å². The highest BCUT2D eigenvalue weighted by Crippen LogP contribution is 2.28. The molecule has 6 nitrogen and oxygen atoms in total. The molecule has 0 spiro atoms. The van der Waals surface area contributed by atoms with E-state index in [1.807, 2.05) is 54.6 Å². The molecule has 2 aromatic heterocycles. The van der Waals surface area contributed by atoms with Crippen molar-refractivity contribution >= 4 is 34.5 Å². The van der Waals surface area contributed by atoms with Crippen molar-refractivity contribution in [2.75, 3.05) is 13.7 Å². The summed E-state index contributed by atoms with van der Waals surface area (Å²) >= 11 is 1.29. The number of rotatable bonds is 7. The number of hydrogen-bond donors (Lipinski definition) is 0. The second-order valence-electron chi connectivity index (χ2n) is 6.33. The summed E-state index contributed by atoms with van der Waals surface area (Å²) < 4.78 is 12.8. The van der Waals surface area contributed by atoms with E-state index >= 15 is 0 Å². The Bertz CT molecular complexity index is 1320. The van der Waals surface area contributed by atoms with Gasteiger partial charge in [0.05, 0.1) is 11.6 Å². The zero-order valence-corrected chi connectivity index (χ0v) is 17.1. The molecular weight excluding hydrogens is 398 g/mol. The summed E-state index contributed by atoms with van der Waals surface area (Å²) in [7, 11) is 1.58. The van der Waals surface area contributed by atoms with Gasteiger partial charge in [-0.2, -0.15) is 9.50 Å². The Morgan fingerprint density at radius 3 is 2.67 bits per heavy atom. The molecule has 0 unspecified atom stereocenters. The van der Waals surface area contributed by atoms with E-state index in [0.717, 1.165) is 11.1 Å². The van der Waals surface area contributed by atoms with Gasteiger partial charge in [-0.05, 0) is 35.4 Å². The molecule has 0 amide bonds. The summed E-state index contributed by atoms with van der Waals surface area (Å²) in [4.78, 5) is 17.7. The summed E-state index contributed by atoms with van der Waals surface area (Å²) in [6.07, 6.45) is 7.17. The van der Waals surface area contributed by atoms with Gasteiger partial charge in [-0.25, -0.2) is 0 Å². The summed E-state index contributed by atoms with van der Waals surface area (Å²) in [5.41, 5.74) is 1.66. The predicted molar refractivity (Wildman–Crippen MR) is 120 cm³/mol. The lowest BCUT2D eigenvalue weighted by Gasteiger charge is -2.09. The van der Waals surface area contributed by atoms with E-state index in [1.54, 1.807) is 25.3 Å². The van der Waals surface area contributed by atoms with Crippen molar-refractivity contribution in [2.45, 2.75) is 0 Å². The molecular formula is C23H19N3O3S. The summed E-state index contributed by atoms with van der Waals surface area (Å²) in [5, 5.41) is 4.31. The van der Waals surface area contributed by atoms with Gasteiger partial charge in [0.1, 0.15) is 6.61 Å². The van der Waals surface area contributed by atoms with Gasteiger partial charge >= 0.3 is 0 Å². The second-order valence-corrected chi connectivity index (χ2v) is 7.34. The fourth-order valence-electron chi connectivity index (χ4n) is 2.85. The standard InChI is InChI=1S/C23H19N3O3S/c1-3-13-29-18-11-9-17(14-19(18)28-2)15-20-22(27)26-23(30-20)24-21(25-26)12-10-16-7-5-4-6-8-16/h3-12,14-15H,1,13H2,2H3/b12-10+,20-15+. The number of hydrogen-bond acceptors (Lipinski definition) is 6. The van der Waals surface area contributed by atoms with E-state index in [9.17, 15) is 4.79 Å². The van der Waals surface area contributed by atoms with E-state index < -0.39 is 0 Å². The molecule has 0 aliphatic heterocycles. The van der Waals surface area contributed by atoms with Gasteiger partial charge in [0, 0.05) is 0 Å². The quantitative estimate of drug-likeness (QED) is 0.431. The maximum Gasteiger partial charge on any atom is 0.291 e. The molecule has 2 aromatic carbocycles. The van der Waals surface area contributed by atoms with Gasteiger partial charge in [0.25, 0.3) is 5.56 Å². The number of methoxy groups -OCH3 is 1. The number of nitrogens with zero attached hydrogens (tertiary/aromatic N) is 3. The molecule has 4 aromatic rings. The van der Waals surface area contributed by atoms with Crippen molar-refractivity contribution < 1.29 is 9.47 Å². The Labute approximate surface area is 177 Å². The minimum absolute atomic E-state index is 0.201. The molecule has 0 radical (unpaired) electrons. The van der Waals surface area contributed by atoms with Crippen LogP contribution in [-0.4, -0.2) is 28.3 Å². The van der Waals surface area contributed by atoms with Crippen LogP contribution in [0.4, 0.5) is 0 Å². The zero-order valence-electron chi connectivity index (χ0n) is 16.3. The van der Waals surface area contributed by atoms with Crippen molar-refractivity contribution in [2.24, 2.45) is 0 Å². The highest BCUT2D eigenvalue weighted by atomic mass is 32.1. The normalized spacial score (nSPS) is 12.0. The number of aromatic nitrogens is 3. The molecule has 0 saturated carbocycles. The van der Waals surface area contributed by atoms with E-state index in [4.69, 9.17) is 9.47 Å². The molecule has 0 N–H and O–H groups in total. The maximum absolute atomic E-state index is 12.7. The molecule has 0 fully saturated rings. The van der Waals surface area contributed by atoms with Crippen LogP contribution in [0, 0.1) is 0 Å². The maximum atomic E-state index is 12.7. The van der Waals surface area contributed by atoms with Crippen LogP contribution in [0.2, 0.25) is 0 Å². The van der Waals surface area contributed by atoms with Gasteiger partial charge in [-0.1, -0.05) is 66.5 Å².